The van der Waals surface area contributed by atoms with Crippen LogP contribution in [0.1, 0.15) is 15.9 Å². The predicted molar refractivity (Wildman–Crippen MR) is 98.2 cm³/mol. The molecule has 1 aromatic heterocycles. The van der Waals surface area contributed by atoms with Crippen molar-refractivity contribution in [1.29, 1.82) is 0 Å². The molecule has 0 unspecified atom stereocenters. The van der Waals surface area contributed by atoms with Crippen molar-refractivity contribution in [3.8, 4) is 16.9 Å². The standard InChI is InChI=1S/C21H15F3N2O2/c22-21(23,24)28-18-4-1-15(2-5-18)20(27)26-12-9-17-13-16(3-6-19(17)26)14-7-10-25-11-8-14/h1-8,10-11,13H,9,12H2. The Morgan fingerprint density at radius 3 is 2.36 bits per heavy atom. The Morgan fingerprint density at radius 2 is 1.68 bits per heavy atom. The molecule has 0 N–H and O–H groups in total. The van der Waals surface area contributed by atoms with Crippen LogP contribution in [0, 0.1) is 0 Å². The number of rotatable bonds is 3. The molecule has 0 atom stereocenters. The summed E-state index contributed by atoms with van der Waals surface area (Å²) in [7, 11) is 0. The largest absolute Gasteiger partial charge is 0.573 e. The van der Waals surface area contributed by atoms with Gasteiger partial charge in [0.2, 0.25) is 0 Å². The molecule has 142 valence electrons. The first-order chi connectivity index (χ1) is 13.4. The summed E-state index contributed by atoms with van der Waals surface area (Å²) in [6.45, 7) is 0.523. The summed E-state index contributed by atoms with van der Waals surface area (Å²) in [4.78, 5) is 18.5. The number of hydrogen-bond acceptors (Lipinski definition) is 3. The van der Waals surface area contributed by atoms with Gasteiger partial charge in [-0.3, -0.25) is 9.78 Å². The number of carbonyl (C=O) groups is 1. The van der Waals surface area contributed by atoms with Crippen molar-refractivity contribution in [1.82, 2.24) is 4.98 Å². The van der Waals surface area contributed by atoms with Crippen molar-refractivity contribution in [2.75, 3.05) is 11.4 Å². The number of alkyl halides is 3. The highest BCUT2D eigenvalue weighted by Crippen LogP contribution is 2.33. The van der Waals surface area contributed by atoms with Gasteiger partial charge < -0.3 is 9.64 Å². The van der Waals surface area contributed by atoms with Gasteiger partial charge in [-0.25, -0.2) is 0 Å². The molecule has 0 spiro atoms. The SMILES string of the molecule is O=C(c1ccc(OC(F)(F)F)cc1)N1CCc2cc(-c3ccncc3)ccc21. The Kier molecular flexibility index (Phi) is 4.50. The highest BCUT2D eigenvalue weighted by atomic mass is 19.4. The van der Waals surface area contributed by atoms with Crippen LogP contribution in [0.4, 0.5) is 18.9 Å². The number of benzene rings is 2. The fourth-order valence-corrected chi connectivity index (χ4v) is 3.29. The Morgan fingerprint density at radius 1 is 0.964 bits per heavy atom. The topological polar surface area (TPSA) is 42.4 Å². The molecule has 0 saturated heterocycles. The van der Waals surface area contributed by atoms with Crippen LogP contribution in [-0.2, 0) is 6.42 Å². The number of nitrogens with zero attached hydrogens (tertiary/aromatic N) is 2. The summed E-state index contributed by atoms with van der Waals surface area (Å²) in [5.41, 5.74) is 4.27. The molecule has 2 heterocycles. The maximum atomic E-state index is 12.8. The van der Waals surface area contributed by atoms with Crippen LogP contribution < -0.4 is 9.64 Å². The fraction of sp³-hybridized carbons (Fsp3) is 0.143. The monoisotopic (exact) mass is 384 g/mol. The number of amides is 1. The molecule has 0 saturated carbocycles. The van der Waals surface area contributed by atoms with E-state index in [9.17, 15) is 18.0 Å². The number of pyridine rings is 1. The number of halogens is 3. The van der Waals surface area contributed by atoms with Crippen molar-refractivity contribution in [3.05, 3.63) is 78.1 Å². The normalized spacial score (nSPS) is 13.3. The molecule has 4 rings (SSSR count). The zero-order valence-electron chi connectivity index (χ0n) is 14.6. The molecule has 3 aromatic rings. The van der Waals surface area contributed by atoms with E-state index in [0.717, 1.165) is 40.9 Å². The van der Waals surface area contributed by atoms with E-state index in [1.54, 1.807) is 17.3 Å². The van der Waals surface area contributed by atoms with E-state index in [-0.39, 0.29) is 11.7 Å². The van der Waals surface area contributed by atoms with E-state index >= 15 is 0 Å². The number of aromatic nitrogens is 1. The molecule has 1 aliphatic heterocycles. The van der Waals surface area contributed by atoms with Crippen molar-refractivity contribution in [2.45, 2.75) is 12.8 Å². The van der Waals surface area contributed by atoms with Crippen LogP contribution >= 0.6 is 0 Å². The van der Waals surface area contributed by atoms with E-state index in [1.807, 2.05) is 24.3 Å². The van der Waals surface area contributed by atoms with E-state index in [4.69, 9.17) is 0 Å². The highest BCUT2D eigenvalue weighted by molar-refractivity contribution is 6.07. The van der Waals surface area contributed by atoms with Gasteiger partial charge in [-0.1, -0.05) is 6.07 Å². The lowest BCUT2D eigenvalue weighted by molar-refractivity contribution is -0.274. The van der Waals surface area contributed by atoms with E-state index in [2.05, 4.69) is 15.8 Å². The first-order valence-electron chi connectivity index (χ1n) is 8.62. The number of hydrogen-bond donors (Lipinski definition) is 0. The molecule has 4 nitrogen and oxygen atoms in total. The number of carbonyl (C=O) groups excluding carboxylic acids is 1. The first-order valence-corrected chi connectivity index (χ1v) is 8.62. The minimum absolute atomic E-state index is 0.256. The molecule has 2 aromatic carbocycles. The second-order valence-electron chi connectivity index (χ2n) is 6.36. The minimum Gasteiger partial charge on any atom is -0.406 e. The maximum Gasteiger partial charge on any atom is 0.573 e. The molecule has 7 heteroatoms. The van der Waals surface area contributed by atoms with Gasteiger partial charge in [-0.05, 0) is 71.6 Å². The summed E-state index contributed by atoms with van der Waals surface area (Å²) >= 11 is 0. The fourth-order valence-electron chi connectivity index (χ4n) is 3.29. The second kappa shape index (κ2) is 6.99. The van der Waals surface area contributed by atoms with Crippen LogP contribution in [0.3, 0.4) is 0 Å². The summed E-state index contributed by atoms with van der Waals surface area (Å²) in [5, 5.41) is 0. The average molecular weight is 384 g/mol. The van der Waals surface area contributed by atoms with Gasteiger partial charge in [0.05, 0.1) is 0 Å². The lowest BCUT2D eigenvalue weighted by atomic mass is 10.0. The van der Waals surface area contributed by atoms with Crippen molar-refractivity contribution in [3.63, 3.8) is 0 Å². The van der Waals surface area contributed by atoms with Gasteiger partial charge in [-0.2, -0.15) is 0 Å². The van der Waals surface area contributed by atoms with Crippen LogP contribution in [0.5, 0.6) is 5.75 Å². The molecule has 1 amide bonds. The number of ether oxygens (including phenoxy) is 1. The second-order valence-corrected chi connectivity index (χ2v) is 6.36. The maximum absolute atomic E-state index is 12.8. The van der Waals surface area contributed by atoms with Gasteiger partial charge in [-0.15, -0.1) is 13.2 Å². The van der Waals surface area contributed by atoms with E-state index in [0.29, 0.717) is 12.1 Å². The molecular weight excluding hydrogens is 369 g/mol. The van der Waals surface area contributed by atoms with Crippen molar-refractivity contribution >= 4 is 11.6 Å². The van der Waals surface area contributed by atoms with Gasteiger partial charge in [0.15, 0.2) is 0 Å². The quantitative estimate of drug-likeness (QED) is 0.648. The van der Waals surface area contributed by atoms with E-state index in [1.165, 1.54) is 12.1 Å². The van der Waals surface area contributed by atoms with Crippen LogP contribution in [0.15, 0.2) is 67.0 Å². The summed E-state index contributed by atoms with van der Waals surface area (Å²) in [6, 6.07) is 14.7. The summed E-state index contributed by atoms with van der Waals surface area (Å²) in [6.07, 6.45) is -0.587. The van der Waals surface area contributed by atoms with Crippen molar-refractivity contribution < 1.29 is 22.7 Å². The van der Waals surface area contributed by atoms with E-state index < -0.39 is 6.36 Å². The Labute approximate surface area is 159 Å². The van der Waals surface area contributed by atoms with Crippen LogP contribution in [0.25, 0.3) is 11.1 Å². The van der Waals surface area contributed by atoms with Crippen LogP contribution in [-0.4, -0.2) is 23.8 Å². The number of fused-ring (bicyclic) bond motifs is 1. The van der Waals surface area contributed by atoms with Crippen LogP contribution in [0.2, 0.25) is 0 Å². The first kappa shape index (κ1) is 18.0. The third-order valence-corrected chi connectivity index (χ3v) is 4.57. The highest BCUT2D eigenvalue weighted by Gasteiger charge is 2.31. The predicted octanol–water partition coefficient (Wildman–Crippen LogP) is 4.85. The third kappa shape index (κ3) is 3.69. The minimum atomic E-state index is -4.76. The summed E-state index contributed by atoms with van der Waals surface area (Å²) in [5.74, 6) is -0.609. The zero-order chi connectivity index (χ0) is 19.7. The van der Waals surface area contributed by atoms with Gasteiger partial charge >= 0.3 is 6.36 Å². The van der Waals surface area contributed by atoms with Gasteiger partial charge in [0, 0.05) is 30.2 Å². The average Bonchev–Trinajstić information content (AvgIpc) is 3.11. The van der Waals surface area contributed by atoms with Crippen molar-refractivity contribution in [2.24, 2.45) is 0 Å². The number of anilines is 1. The molecule has 1 aliphatic rings. The molecular formula is C21H15F3N2O2. The third-order valence-electron chi connectivity index (χ3n) is 4.57. The molecule has 0 fully saturated rings. The van der Waals surface area contributed by atoms with Gasteiger partial charge in [0.1, 0.15) is 5.75 Å². The Bertz CT molecular complexity index is 1000. The summed E-state index contributed by atoms with van der Waals surface area (Å²) < 4.78 is 40.6. The molecule has 0 radical (unpaired) electrons. The molecule has 0 aliphatic carbocycles. The molecule has 0 bridgehead atoms. The Hall–Kier alpha value is -3.35. The molecule has 28 heavy (non-hydrogen) atoms. The van der Waals surface area contributed by atoms with Gasteiger partial charge in [0.25, 0.3) is 5.91 Å². The zero-order valence-corrected chi connectivity index (χ0v) is 14.6. The lowest BCUT2D eigenvalue weighted by Gasteiger charge is -2.18. The lowest BCUT2D eigenvalue weighted by Crippen LogP contribution is -2.28. The Balaban J connectivity index is 1.55. The smallest absolute Gasteiger partial charge is 0.406 e.